The number of thiophene rings is 1. The second-order valence-electron chi connectivity index (χ2n) is 4.51. The molecule has 0 aliphatic carbocycles. The quantitative estimate of drug-likeness (QED) is 0.834. The fraction of sp³-hybridized carbons (Fsp3) is 0.125. The molecule has 0 fully saturated rings. The molecule has 0 spiro atoms. The molecule has 0 atom stereocenters. The van der Waals surface area contributed by atoms with Crippen molar-refractivity contribution in [3.8, 4) is 0 Å². The first-order chi connectivity index (χ1) is 10.1. The van der Waals surface area contributed by atoms with Crippen molar-refractivity contribution in [3.63, 3.8) is 0 Å². The summed E-state index contributed by atoms with van der Waals surface area (Å²) in [6.07, 6.45) is 2.51. The number of nitrogens with one attached hydrogen (secondary N) is 1. The van der Waals surface area contributed by atoms with Crippen molar-refractivity contribution in [2.45, 2.75) is 13.5 Å². The molecule has 1 amide bonds. The molecule has 1 aromatic carbocycles. The zero-order valence-corrected chi connectivity index (χ0v) is 12.3. The van der Waals surface area contributed by atoms with E-state index in [0.717, 1.165) is 11.0 Å². The van der Waals surface area contributed by atoms with E-state index in [9.17, 15) is 9.59 Å². The van der Waals surface area contributed by atoms with Crippen LogP contribution in [0.5, 0.6) is 0 Å². The highest BCUT2D eigenvalue weighted by atomic mass is 32.1. The molecule has 1 aromatic heterocycles. The summed E-state index contributed by atoms with van der Waals surface area (Å²) in [5, 5.41) is 13.5. The number of hydrogen-bond donors (Lipinski definition) is 2. The largest absolute Gasteiger partial charge is 0.478 e. The second kappa shape index (κ2) is 6.85. The third kappa shape index (κ3) is 4.29. The summed E-state index contributed by atoms with van der Waals surface area (Å²) >= 11 is 1.61. The number of carbonyl (C=O) groups excluding carboxylic acids is 1. The maximum atomic E-state index is 12.1. The molecule has 0 bridgehead atoms. The van der Waals surface area contributed by atoms with Gasteiger partial charge in [0.1, 0.15) is 0 Å². The highest BCUT2D eigenvalue weighted by Crippen LogP contribution is 2.15. The van der Waals surface area contributed by atoms with Gasteiger partial charge in [-0.05, 0) is 47.7 Å². The van der Waals surface area contributed by atoms with Gasteiger partial charge in [-0.1, -0.05) is 12.1 Å². The van der Waals surface area contributed by atoms with Crippen molar-refractivity contribution >= 4 is 29.3 Å². The number of hydrogen-bond acceptors (Lipinski definition) is 3. The smallest absolute Gasteiger partial charge is 0.328 e. The standard InChI is InChI=1S/C16H15NO3S/c1-11-7-8-21-14(11)10-17-16(20)13-4-2-3-12(9-13)5-6-15(18)19/h2-9H,10H2,1H3,(H,17,20)(H,18,19)/b6-5+. The van der Waals surface area contributed by atoms with Gasteiger partial charge < -0.3 is 10.4 Å². The Morgan fingerprint density at radius 3 is 2.81 bits per heavy atom. The van der Waals surface area contributed by atoms with Crippen LogP contribution in [-0.4, -0.2) is 17.0 Å². The van der Waals surface area contributed by atoms with E-state index >= 15 is 0 Å². The van der Waals surface area contributed by atoms with Crippen molar-refractivity contribution in [1.29, 1.82) is 0 Å². The highest BCUT2D eigenvalue weighted by Gasteiger charge is 2.07. The Hall–Kier alpha value is -2.40. The van der Waals surface area contributed by atoms with Gasteiger partial charge in [0.15, 0.2) is 0 Å². The fourth-order valence-electron chi connectivity index (χ4n) is 1.80. The van der Waals surface area contributed by atoms with Crippen LogP contribution in [0.15, 0.2) is 41.8 Å². The van der Waals surface area contributed by atoms with Crippen molar-refractivity contribution in [2.24, 2.45) is 0 Å². The minimum Gasteiger partial charge on any atom is -0.478 e. The van der Waals surface area contributed by atoms with Crippen LogP contribution in [0.1, 0.15) is 26.4 Å². The van der Waals surface area contributed by atoms with Gasteiger partial charge >= 0.3 is 5.97 Å². The van der Waals surface area contributed by atoms with E-state index in [4.69, 9.17) is 5.11 Å². The minimum absolute atomic E-state index is 0.173. The normalized spacial score (nSPS) is 10.7. The molecule has 0 unspecified atom stereocenters. The zero-order chi connectivity index (χ0) is 15.2. The van der Waals surface area contributed by atoms with Crippen LogP contribution >= 0.6 is 11.3 Å². The lowest BCUT2D eigenvalue weighted by atomic mass is 10.1. The number of benzene rings is 1. The second-order valence-corrected chi connectivity index (χ2v) is 5.51. The van der Waals surface area contributed by atoms with Gasteiger partial charge in [0, 0.05) is 16.5 Å². The number of amides is 1. The SMILES string of the molecule is Cc1ccsc1CNC(=O)c1cccc(/C=C/C(=O)O)c1. The summed E-state index contributed by atoms with van der Waals surface area (Å²) in [7, 11) is 0. The first-order valence-electron chi connectivity index (χ1n) is 6.38. The maximum absolute atomic E-state index is 12.1. The molecule has 0 saturated carbocycles. The molecule has 2 rings (SSSR count). The molecule has 5 heteroatoms. The van der Waals surface area contributed by atoms with Crippen LogP contribution in [0.4, 0.5) is 0 Å². The van der Waals surface area contributed by atoms with Crippen molar-refractivity contribution in [1.82, 2.24) is 5.32 Å². The lowest BCUT2D eigenvalue weighted by Crippen LogP contribution is -2.22. The first kappa shape index (κ1) is 15.0. The highest BCUT2D eigenvalue weighted by molar-refractivity contribution is 7.10. The molecule has 21 heavy (non-hydrogen) atoms. The van der Waals surface area contributed by atoms with Crippen molar-refractivity contribution < 1.29 is 14.7 Å². The van der Waals surface area contributed by atoms with Gasteiger partial charge in [-0.25, -0.2) is 4.79 Å². The van der Waals surface area contributed by atoms with Crippen LogP contribution in [0.3, 0.4) is 0 Å². The van der Waals surface area contributed by atoms with E-state index in [0.29, 0.717) is 17.7 Å². The Bertz CT molecular complexity index is 688. The maximum Gasteiger partial charge on any atom is 0.328 e. The van der Waals surface area contributed by atoms with Crippen LogP contribution < -0.4 is 5.32 Å². The number of rotatable bonds is 5. The van der Waals surface area contributed by atoms with E-state index in [-0.39, 0.29) is 5.91 Å². The van der Waals surface area contributed by atoms with E-state index < -0.39 is 5.97 Å². The Morgan fingerprint density at radius 1 is 1.33 bits per heavy atom. The first-order valence-corrected chi connectivity index (χ1v) is 7.26. The third-order valence-corrected chi connectivity index (χ3v) is 3.97. The molecule has 0 aliphatic heterocycles. The number of carboxylic acid groups (broad SMARTS) is 1. The van der Waals surface area contributed by atoms with E-state index in [2.05, 4.69) is 5.32 Å². The lowest BCUT2D eigenvalue weighted by Gasteiger charge is -2.05. The average Bonchev–Trinajstić information content (AvgIpc) is 2.88. The molecule has 0 radical (unpaired) electrons. The number of aliphatic carboxylic acids is 1. The van der Waals surface area contributed by atoms with Gasteiger partial charge in [-0.3, -0.25) is 4.79 Å². The molecule has 2 aromatic rings. The molecule has 4 nitrogen and oxygen atoms in total. The van der Waals surface area contributed by atoms with Crippen LogP contribution in [0.2, 0.25) is 0 Å². The van der Waals surface area contributed by atoms with Crippen LogP contribution in [0.25, 0.3) is 6.08 Å². The minimum atomic E-state index is -1.02. The molecule has 108 valence electrons. The predicted molar refractivity (Wildman–Crippen MR) is 83.3 cm³/mol. The third-order valence-electron chi connectivity index (χ3n) is 2.94. The van der Waals surface area contributed by atoms with Gasteiger partial charge in [-0.15, -0.1) is 11.3 Å². The Labute approximate surface area is 126 Å². The lowest BCUT2D eigenvalue weighted by molar-refractivity contribution is -0.131. The Morgan fingerprint density at radius 2 is 2.14 bits per heavy atom. The van der Waals surface area contributed by atoms with Crippen molar-refractivity contribution in [3.05, 3.63) is 63.4 Å². The number of carbonyl (C=O) groups is 2. The van der Waals surface area contributed by atoms with Gasteiger partial charge in [-0.2, -0.15) is 0 Å². The molecular weight excluding hydrogens is 286 g/mol. The van der Waals surface area contributed by atoms with Gasteiger partial charge in [0.2, 0.25) is 0 Å². The summed E-state index contributed by atoms with van der Waals surface area (Å²) in [6, 6.07) is 8.86. The topological polar surface area (TPSA) is 66.4 Å². The summed E-state index contributed by atoms with van der Waals surface area (Å²) < 4.78 is 0. The monoisotopic (exact) mass is 301 g/mol. The Balaban J connectivity index is 2.04. The van der Waals surface area contributed by atoms with Gasteiger partial charge in [0.05, 0.1) is 6.54 Å². The van der Waals surface area contributed by atoms with Gasteiger partial charge in [0.25, 0.3) is 5.91 Å². The zero-order valence-electron chi connectivity index (χ0n) is 11.5. The van der Waals surface area contributed by atoms with Crippen LogP contribution in [-0.2, 0) is 11.3 Å². The molecular formula is C16H15NO3S. The molecule has 0 aliphatic rings. The average molecular weight is 301 g/mol. The van der Waals surface area contributed by atoms with Crippen LogP contribution in [0, 0.1) is 6.92 Å². The summed E-state index contributed by atoms with van der Waals surface area (Å²) in [6.45, 7) is 2.51. The van der Waals surface area contributed by atoms with E-state index in [1.807, 2.05) is 18.4 Å². The predicted octanol–water partition coefficient (Wildman–Crippen LogP) is 3.08. The Kier molecular flexibility index (Phi) is 4.90. The van der Waals surface area contributed by atoms with Crippen molar-refractivity contribution in [2.75, 3.05) is 0 Å². The number of carboxylic acids is 1. The summed E-state index contributed by atoms with van der Waals surface area (Å²) in [5.74, 6) is -1.19. The molecule has 2 N–H and O–H groups in total. The molecule has 0 saturated heterocycles. The summed E-state index contributed by atoms with van der Waals surface area (Å²) in [5.41, 5.74) is 2.35. The molecule has 1 heterocycles. The van der Waals surface area contributed by atoms with E-state index in [1.54, 1.807) is 35.6 Å². The fourth-order valence-corrected chi connectivity index (χ4v) is 2.64. The summed E-state index contributed by atoms with van der Waals surface area (Å²) in [4.78, 5) is 23.7. The van der Waals surface area contributed by atoms with E-state index in [1.165, 1.54) is 11.6 Å². The number of aryl methyl sites for hydroxylation is 1.